The van der Waals surface area contributed by atoms with Crippen LogP contribution in [0.15, 0.2) is 34.1 Å². The molecule has 23 heteroatoms. The van der Waals surface area contributed by atoms with Crippen LogP contribution in [0.1, 0.15) is 52.0 Å². The Bertz CT molecular complexity index is 2150. The molecule has 22 nitrogen and oxygen atoms in total. The summed E-state index contributed by atoms with van der Waals surface area (Å²) in [5, 5.41) is 15.5. The number of imidazole rings is 1. The number of isothiocyanates is 1. The number of nitrogen functional groups attached to an aromatic ring is 1. The lowest BCUT2D eigenvalue weighted by atomic mass is 10.0. The van der Waals surface area contributed by atoms with Crippen molar-refractivity contribution < 1.29 is 42.9 Å². The van der Waals surface area contributed by atoms with Gasteiger partial charge in [0.25, 0.3) is 0 Å². The summed E-state index contributed by atoms with van der Waals surface area (Å²) in [6.45, 7) is 7.22. The number of hydrogen-bond donors (Lipinski definition) is 7. The first-order valence-electron chi connectivity index (χ1n) is 20.2. The zero-order valence-electron chi connectivity index (χ0n) is 35.6. The minimum absolute atomic E-state index is 0.0295. The lowest BCUT2D eigenvalue weighted by Crippen LogP contribution is -2.55. The molecule has 2 unspecified atom stereocenters. The van der Waals surface area contributed by atoms with Gasteiger partial charge in [-0.15, -0.1) is 6.42 Å². The first-order chi connectivity index (χ1) is 30.3. The van der Waals surface area contributed by atoms with Gasteiger partial charge in [0, 0.05) is 18.8 Å². The third-order valence-corrected chi connectivity index (χ3v) is 9.01. The van der Waals surface area contributed by atoms with Crippen LogP contribution in [0.5, 0.6) is 6.01 Å². The maximum absolute atomic E-state index is 13.6. The molecule has 6 amide bonds. The molecule has 0 radical (unpaired) electrons. The second kappa shape index (κ2) is 27.5. The van der Waals surface area contributed by atoms with E-state index in [1.807, 2.05) is 6.92 Å². The van der Waals surface area contributed by atoms with Gasteiger partial charge in [0.2, 0.25) is 17.7 Å². The maximum Gasteiger partial charge on any atom is 0.339 e. The molecule has 2 atom stereocenters. The molecule has 2 heterocycles. The number of nitrogens with two attached hydrogens (primary N) is 2. The Morgan fingerprint density at radius 2 is 1.63 bits per heavy atom. The number of nitrogens with one attached hydrogen (secondary N) is 5. The topological polar surface area (TPSA) is 300 Å². The van der Waals surface area contributed by atoms with Gasteiger partial charge in [-0.25, -0.2) is 23.9 Å². The van der Waals surface area contributed by atoms with Gasteiger partial charge in [0.15, 0.2) is 11.5 Å². The molecular formula is C40H56N12O10S. The van der Waals surface area contributed by atoms with Crippen LogP contribution >= 0.6 is 12.2 Å². The van der Waals surface area contributed by atoms with Crippen LogP contribution < -0.4 is 48.5 Å². The highest BCUT2D eigenvalue weighted by Crippen LogP contribution is 2.21. The number of aromatic nitrogens is 4. The number of anilines is 2. The van der Waals surface area contributed by atoms with Crippen molar-refractivity contribution in [3.8, 4) is 18.4 Å². The number of primary amides is 1. The standard InChI is InChI=1S/C40H56N12O10S/c1-5-7-17-62-38-49-33(41)32-34(50-38)51(16-6-2)40(58)52(32)39(57)45-23-27-10-12-28(13-11-27)46-35(54)29(9-8-14-44-37(42)56)47-36(55)31(26(3)4)48-30(53)24-61-22-21-60-20-19-59-18-15-43-25-63/h2,10-13,26,29,31H,5,7-9,14-24H2,1,3-4H3,(H,45,57)(H,46,54)(H,47,55)(H,48,53)(H2,41,49,50)(H3,42,44,56). The van der Waals surface area contributed by atoms with E-state index in [0.29, 0.717) is 44.2 Å². The number of ether oxygens (including phenoxy) is 4. The van der Waals surface area contributed by atoms with Crippen LogP contribution in [0.3, 0.4) is 0 Å². The van der Waals surface area contributed by atoms with E-state index < -0.39 is 47.6 Å². The number of urea groups is 1. The van der Waals surface area contributed by atoms with Crippen LogP contribution in [0.4, 0.5) is 21.1 Å². The Morgan fingerprint density at radius 1 is 0.937 bits per heavy atom. The Morgan fingerprint density at radius 3 is 2.29 bits per heavy atom. The van der Waals surface area contributed by atoms with Crippen LogP contribution in [-0.4, -0.2) is 125 Å². The molecule has 0 bridgehead atoms. The number of carbonyl (C=O) groups is 5. The van der Waals surface area contributed by atoms with Crippen LogP contribution in [0.25, 0.3) is 11.2 Å². The van der Waals surface area contributed by atoms with E-state index in [9.17, 15) is 28.8 Å². The summed E-state index contributed by atoms with van der Waals surface area (Å²) in [6, 6.07) is 2.74. The SMILES string of the molecule is C#CCn1c(=O)n(C(=O)NCc2ccc(NC(=O)C(CCCNC(N)=O)NC(=O)C(NC(=O)COCCOCCOCCN=C=S)C(C)C)cc2)c2c(N)nc(OCCCC)nc21. The van der Waals surface area contributed by atoms with E-state index in [1.165, 1.54) is 0 Å². The number of aliphatic imine (C=N–C) groups is 1. The van der Waals surface area contributed by atoms with Crippen LogP contribution in [0, 0.1) is 18.3 Å². The average molecular weight is 897 g/mol. The summed E-state index contributed by atoms with van der Waals surface area (Å²) in [5.74, 6) is 0.138. The number of nitrogens with zero attached hydrogens (tertiary/aromatic N) is 5. The molecule has 0 saturated carbocycles. The summed E-state index contributed by atoms with van der Waals surface area (Å²) >= 11 is 4.49. The number of carbonyl (C=O) groups excluding carboxylic acids is 5. The number of hydrogen-bond acceptors (Lipinski definition) is 15. The van der Waals surface area contributed by atoms with Gasteiger partial charge < -0.3 is 57.0 Å². The molecule has 1 aromatic carbocycles. The molecule has 0 fully saturated rings. The number of benzene rings is 1. The molecule has 3 aromatic rings. The minimum Gasteiger partial charge on any atom is -0.463 e. The lowest BCUT2D eigenvalue weighted by molar-refractivity contribution is -0.134. The second-order valence-electron chi connectivity index (χ2n) is 14.1. The fraction of sp³-hybridized carbons (Fsp3) is 0.525. The first-order valence-corrected chi connectivity index (χ1v) is 20.6. The molecule has 342 valence electrons. The van der Waals surface area contributed by atoms with Gasteiger partial charge in [-0.2, -0.15) is 9.97 Å². The van der Waals surface area contributed by atoms with Gasteiger partial charge in [-0.05, 0) is 55.1 Å². The molecule has 0 spiro atoms. The van der Waals surface area contributed by atoms with Gasteiger partial charge in [0.1, 0.15) is 24.2 Å². The van der Waals surface area contributed by atoms with E-state index in [0.717, 1.165) is 22.0 Å². The number of unbranched alkanes of at least 4 members (excludes halogenated alkanes) is 1. The Hall–Kier alpha value is -6.44. The Labute approximate surface area is 369 Å². The number of thiocarbonyl (C=S) groups is 1. The summed E-state index contributed by atoms with van der Waals surface area (Å²) in [5.41, 5.74) is 11.6. The fourth-order valence-electron chi connectivity index (χ4n) is 5.69. The van der Waals surface area contributed by atoms with Crippen molar-refractivity contribution in [3.05, 3.63) is 40.3 Å². The summed E-state index contributed by atoms with van der Waals surface area (Å²) in [6.07, 6.45) is 7.50. The number of fused-ring (bicyclic) bond motifs is 1. The molecule has 0 aliphatic rings. The summed E-state index contributed by atoms with van der Waals surface area (Å²) in [4.78, 5) is 89.9. The molecule has 0 aliphatic heterocycles. The largest absolute Gasteiger partial charge is 0.463 e. The zero-order valence-corrected chi connectivity index (χ0v) is 36.4. The quantitative estimate of drug-likeness (QED) is 0.0231. The lowest BCUT2D eigenvalue weighted by Gasteiger charge is -2.25. The van der Waals surface area contributed by atoms with Crippen molar-refractivity contribution in [3.63, 3.8) is 0 Å². The van der Waals surface area contributed by atoms with Crippen molar-refractivity contribution in [2.24, 2.45) is 16.6 Å². The molecule has 0 saturated heterocycles. The molecule has 0 aliphatic carbocycles. The second-order valence-corrected chi connectivity index (χ2v) is 14.2. The van der Waals surface area contributed by atoms with E-state index in [-0.39, 0.29) is 81.2 Å². The smallest absolute Gasteiger partial charge is 0.339 e. The maximum atomic E-state index is 13.6. The van der Waals surface area contributed by atoms with Gasteiger partial charge in [-0.3, -0.25) is 19.0 Å². The highest BCUT2D eigenvalue weighted by atomic mass is 32.1. The molecule has 9 N–H and O–H groups in total. The normalized spacial score (nSPS) is 11.8. The minimum atomic E-state index is -1.08. The van der Waals surface area contributed by atoms with E-state index in [2.05, 4.69) is 64.8 Å². The highest BCUT2D eigenvalue weighted by molar-refractivity contribution is 7.78. The first kappa shape index (κ1) is 50.9. The Balaban J connectivity index is 1.61. The zero-order chi connectivity index (χ0) is 46.1. The Kier molecular flexibility index (Phi) is 22.2. The number of amides is 6. The van der Waals surface area contributed by atoms with Gasteiger partial charge in [0.05, 0.1) is 57.9 Å². The summed E-state index contributed by atoms with van der Waals surface area (Å²) in [7, 11) is 0. The molecule has 3 rings (SSSR count). The number of rotatable bonds is 28. The number of terminal acetylenes is 1. The van der Waals surface area contributed by atoms with Crippen molar-refractivity contribution >= 4 is 69.8 Å². The predicted molar refractivity (Wildman–Crippen MR) is 236 cm³/mol. The van der Waals surface area contributed by atoms with E-state index in [4.69, 9.17) is 36.8 Å². The molecule has 63 heavy (non-hydrogen) atoms. The summed E-state index contributed by atoms with van der Waals surface area (Å²) < 4.78 is 23.6. The predicted octanol–water partition coefficient (Wildman–Crippen LogP) is 0.910. The highest BCUT2D eigenvalue weighted by Gasteiger charge is 2.29. The van der Waals surface area contributed by atoms with Crippen molar-refractivity contribution in [2.45, 2.75) is 71.6 Å². The van der Waals surface area contributed by atoms with Crippen molar-refractivity contribution in [1.29, 1.82) is 0 Å². The van der Waals surface area contributed by atoms with Crippen molar-refractivity contribution in [1.82, 2.24) is 40.4 Å². The monoisotopic (exact) mass is 896 g/mol. The third kappa shape index (κ3) is 17.1. The van der Waals surface area contributed by atoms with E-state index >= 15 is 0 Å². The van der Waals surface area contributed by atoms with Crippen LogP contribution in [-0.2, 0) is 41.7 Å². The van der Waals surface area contributed by atoms with E-state index in [1.54, 1.807) is 38.1 Å². The van der Waals surface area contributed by atoms with Gasteiger partial charge >= 0.3 is 23.8 Å². The van der Waals surface area contributed by atoms with Gasteiger partial charge in [-0.1, -0.05) is 45.2 Å². The molecule has 2 aromatic heterocycles. The van der Waals surface area contributed by atoms with Crippen molar-refractivity contribution in [2.75, 3.05) is 70.4 Å². The molecular weight excluding hydrogens is 841 g/mol. The fourth-order valence-corrected chi connectivity index (χ4v) is 5.79. The average Bonchev–Trinajstić information content (AvgIpc) is 3.53. The third-order valence-electron chi connectivity index (χ3n) is 8.88. The van der Waals surface area contributed by atoms with Crippen LogP contribution in [0.2, 0.25) is 0 Å².